The molecule has 10 N–H and O–H groups in total. The first-order valence-electron chi connectivity index (χ1n) is 13.5. The predicted octanol–water partition coefficient (Wildman–Crippen LogP) is 0.991. The van der Waals surface area contributed by atoms with Gasteiger partial charge in [-0.05, 0) is 31.2 Å². The number of aromatic hydroxyl groups is 8. The third-order valence-electron chi connectivity index (χ3n) is 7.36. The summed E-state index contributed by atoms with van der Waals surface area (Å²) in [5.41, 5.74) is -2.86. The predicted molar refractivity (Wildman–Crippen MR) is 153 cm³/mol. The van der Waals surface area contributed by atoms with Crippen LogP contribution in [0, 0.1) is 6.92 Å². The summed E-state index contributed by atoms with van der Waals surface area (Å²) in [4.78, 5) is 39.3. The molecule has 17 nitrogen and oxygen atoms in total. The van der Waals surface area contributed by atoms with Gasteiger partial charge in [0.15, 0.2) is 52.1 Å². The lowest BCUT2D eigenvalue weighted by Crippen LogP contribution is -2.58. The molecular weight excluding hydrogens is 632 g/mol. The van der Waals surface area contributed by atoms with E-state index in [1.807, 2.05) is 0 Å². The Morgan fingerprint density at radius 3 is 1.70 bits per heavy atom. The molecule has 47 heavy (non-hydrogen) atoms. The molecular formula is C30H26O17. The fourth-order valence-electron chi connectivity index (χ4n) is 5.11. The second kappa shape index (κ2) is 12.1. The van der Waals surface area contributed by atoms with E-state index in [0.29, 0.717) is 24.3 Å². The van der Waals surface area contributed by atoms with Crippen molar-refractivity contribution in [2.75, 3.05) is 6.61 Å². The largest absolute Gasteiger partial charge is 0.507 e. The Morgan fingerprint density at radius 2 is 1.21 bits per heavy atom. The number of aliphatic hydroxyl groups excluding tert-OH is 2. The van der Waals surface area contributed by atoms with Gasteiger partial charge in [0.05, 0.1) is 23.3 Å². The van der Waals surface area contributed by atoms with Crippen molar-refractivity contribution < 1.29 is 79.3 Å². The molecule has 0 saturated carbocycles. The van der Waals surface area contributed by atoms with Gasteiger partial charge in [-0.25, -0.2) is 9.59 Å². The molecule has 1 fully saturated rings. The highest BCUT2D eigenvalue weighted by Gasteiger charge is 2.52. The summed E-state index contributed by atoms with van der Waals surface area (Å²) in [5, 5.41) is 102. The quantitative estimate of drug-likeness (QED) is 0.102. The zero-order valence-corrected chi connectivity index (χ0v) is 23.9. The first-order chi connectivity index (χ1) is 22.1. The summed E-state index contributed by atoms with van der Waals surface area (Å²) in [6.45, 7) is 0.449. The van der Waals surface area contributed by atoms with Gasteiger partial charge in [0, 0.05) is 12.1 Å². The van der Waals surface area contributed by atoms with Crippen LogP contribution in [0.25, 0.3) is 11.0 Å². The summed E-state index contributed by atoms with van der Waals surface area (Å²) < 4.78 is 22.0. The number of aliphatic hydroxyl groups is 2. The van der Waals surface area contributed by atoms with Crippen LogP contribution >= 0.6 is 0 Å². The van der Waals surface area contributed by atoms with Crippen LogP contribution in [-0.2, 0) is 14.2 Å². The molecule has 1 aromatic heterocycles. The number of hydrogen-bond donors (Lipinski definition) is 10. The van der Waals surface area contributed by atoms with Crippen molar-refractivity contribution in [3.8, 4) is 46.0 Å². The summed E-state index contributed by atoms with van der Waals surface area (Å²) in [6, 6.07) is 4.71. The van der Waals surface area contributed by atoms with E-state index in [4.69, 9.17) is 18.6 Å². The lowest BCUT2D eigenvalue weighted by molar-refractivity contribution is -0.232. The van der Waals surface area contributed by atoms with Gasteiger partial charge in [0.2, 0.25) is 0 Å². The van der Waals surface area contributed by atoms with Gasteiger partial charge in [-0.2, -0.15) is 0 Å². The highest BCUT2D eigenvalue weighted by molar-refractivity contribution is 5.92. The summed E-state index contributed by atoms with van der Waals surface area (Å²) in [7, 11) is 0. The monoisotopic (exact) mass is 658 g/mol. The maximum atomic E-state index is 13.3. The van der Waals surface area contributed by atoms with Crippen LogP contribution in [0.15, 0.2) is 45.6 Å². The minimum atomic E-state index is -2.09. The summed E-state index contributed by atoms with van der Waals surface area (Å²) >= 11 is 0. The Kier molecular flexibility index (Phi) is 8.38. The number of carbonyl (C=O) groups excluding carboxylic acids is 2. The van der Waals surface area contributed by atoms with Crippen LogP contribution < -0.4 is 5.43 Å². The number of aryl methyl sites for hydroxylation is 1. The van der Waals surface area contributed by atoms with Crippen molar-refractivity contribution >= 4 is 22.9 Å². The molecule has 17 heteroatoms. The first-order valence-corrected chi connectivity index (χ1v) is 13.5. The van der Waals surface area contributed by atoms with Crippen LogP contribution in [-0.4, -0.2) is 94.0 Å². The van der Waals surface area contributed by atoms with Crippen LogP contribution in [0.4, 0.5) is 0 Å². The molecule has 1 saturated heterocycles. The molecule has 5 atom stereocenters. The Bertz CT molecular complexity index is 1920. The highest BCUT2D eigenvalue weighted by atomic mass is 16.6. The van der Waals surface area contributed by atoms with Crippen molar-refractivity contribution in [1.29, 1.82) is 0 Å². The van der Waals surface area contributed by atoms with Crippen molar-refractivity contribution in [3.05, 3.63) is 69.1 Å². The second-order valence-electron chi connectivity index (χ2n) is 10.5. The Balaban J connectivity index is 1.67. The molecule has 1 aliphatic rings. The molecule has 4 aromatic rings. The van der Waals surface area contributed by atoms with Crippen LogP contribution in [0.5, 0.6) is 46.0 Å². The third-order valence-corrected chi connectivity index (χ3v) is 7.36. The van der Waals surface area contributed by atoms with E-state index in [9.17, 15) is 65.4 Å². The van der Waals surface area contributed by atoms with Crippen molar-refractivity contribution in [2.24, 2.45) is 0 Å². The fraction of sp³-hybridized carbons (Fsp3) is 0.233. The molecule has 0 bridgehead atoms. The van der Waals surface area contributed by atoms with E-state index in [2.05, 4.69) is 0 Å². The summed E-state index contributed by atoms with van der Waals surface area (Å²) in [6.07, 6.45) is -9.82. The lowest BCUT2D eigenvalue weighted by atomic mass is 9.89. The Labute approximate surface area is 261 Å². The van der Waals surface area contributed by atoms with E-state index in [-0.39, 0.29) is 11.3 Å². The average Bonchev–Trinajstić information content (AvgIpc) is 2.99. The molecule has 1 aliphatic heterocycles. The Morgan fingerprint density at radius 1 is 0.723 bits per heavy atom. The molecule has 0 amide bonds. The molecule has 3 aromatic carbocycles. The van der Waals surface area contributed by atoms with Gasteiger partial charge in [-0.15, -0.1) is 0 Å². The van der Waals surface area contributed by atoms with Gasteiger partial charge < -0.3 is 69.7 Å². The molecule has 248 valence electrons. The maximum Gasteiger partial charge on any atom is 0.338 e. The topological polar surface area (TPSA) is 294 Å². The fourth-order valence-corrected chi connectivity index (χ4v) is 5.11. The normalized spacial score (nSPS) is 21.0. The highest BCUT2D eigenvalue weighted by Crippen LogP contribution is 2.46. The minimum absolute atomic E-state index is 0.122. The molecule has 0 unspecified atom stereocenters. The lowest BCUT2D eigenvalue weighted by Gasteiger charge is -2.43. The standard InChI is InChI=1S/C30H26O17/c1-9-2-12(32)20-18(44-9)7-13(33)21(25(20)41)26-28(47-30(43)11-5-16(36)23(39)17(37)6-11)27(24(40)19(8-31)45-26)46-29(42)10-3-14(34)22(38)15(35)4-10/h2-7,19,24,26-28,31,33-41H,8H2,1H3/t19-,24-,26+,27+,28+/m1/s1. The number of benzene rings is 3. The van der Waals surface area contributed by atoms with E-state index in [1.165, 1.54) is 6.92 Å². The number of rotatable bonds is 6. The first kappa shape index (κ1) is 32.5. The van der Waals surface area contributed by atoms with Gasteiger partial charge in [0.25, 0.3) is 0 Å². The molecule has 0 aliphatic carbocycles. The molecule has 5 rings (SSSR count). The number of fused-ring (bicyclic) bond motifs is 1. The van der Waals surface area contributed by atoms with E-state index < -0.39 is 123 Å². The smallest absolute Gasteiger partial charge is 0.338 e. The number of esters is 2. The van der Waals surface area contributed by atoms with Gasteiger partial charge in [-0.3, -0.25) is 4.79 Å². The van der Waals surface area contributed by atoms with Crippen LogP contribution in [0.1, 0.15) is 38.1 Å². The number of phenols is 8. The SMILES string of the molecule is Cc1cc(=O)c2c(O)c([C@@H]3O[C@H](CO)[C@@H](O)[C@H](OC(=O)c4cc(O)c(O)c(O)c4)[C@H]3OC(=O)c3cc(O)c(O)c(O)c3)c(O)cc2o1. The van der Waals surface area contributed by atoms with E-state index in [1.54, 1.807) is 0 Å². The van der Waals surface area contributed by atoms with Gasteiger partial charge in [-0.1, -0.05) is 0 Å². The number of ether oxygens (including phenoxy) is 3. The second-order valence-corrected chi connectivity index (χ2v) is 10.5. The van der Waals surface area contributed by atoms with Gasteiger partial charge >= 0.3 is 11.9 Å². The molecule has 0 radical (unpaired) electrons. The number of carbonyl (C=O) groups is 2. The summed E-state index contributed by atoms with van der Waals surface area (Å²) in [5.74, 6) is -10.2. The molecule has 2 heterocycles. The minimum Gasteiger partial charge on any atom is -0.507 e. The number of phenolic OH excluding ortho intramolecular Hbond substituents is 8. The average molecular weight is 659 g/mol. The van der Waals surface area contributed by atoms with Crippen molar-refractivity contribution in [2.45, 2.75) is 37.4 Å². The molecule has 0 spiro atoms. The van der Waals surface area contributed by atoms with E-state index >= 15 is 0 Å². The Hall–Kier alpha value is -5.91. The van der Waals surface area contributed by atoms with Crippen LogP contribution in [0.2, 0.25) is 0 Å². The van der Waals surface area contributed by atoms with Crippen LogP contribution in [0.3, 0.4) is 0 Å². The zero-order valence-electron chi connectivity index (χ0n) is 23.9. The van der Waals surface area contributed by atoms with E-state index in [0.717, 1.165) is 12.1 Å². The number of hydrogen-bond acceptors (Lipinski definition) is 17. The zero-order chi connectivity index (χ0) is 34.5. The van der Waals surface area contributed by atoms with Crippen molar-refractivity contribution in [1.82, 2.24) is 0 Å². The maximum absolute atomic E-state index is 13.3. The van der Waals surface area contributed by atoms with Gasteiger partial charge in [0.1, 0.15) is 46.5 Å². The third kappa shape index (κ3) is 5.81. The van der Waals surface area contributed by atoms with Crippen molar-refractivity contribution in [3.63, 3.8) is 0 Å².